The summed E-state index contributed by atoms with van der Waals surface area (Å²) < 4.78 is 1.14. The molecule has 148 valence electrons. The van der Waals surface area contributed by atoms with Crippen LogP contribution in [0, 0.1) is 27.7 Å². The summed E-state index contributed by atoms with van der Waals surface area (Å²) in [5, 5.41) is 0.786. The highest BCUT2D eigenvalue weighted by Gasteiger charge is 2.23. The molecule has 0 fully saturated rings. The van der Waals surface area contributed by atoms with Crippen molar-refractivity contribution in [2.24, 2.45) is 0 Å². The molecular formula is C23H29N3OS. The van der Waals surface area contributed by atoms with Gasteiger partial charge in [0, 0.05) is 12.1 Å². The topological polar surface area (TPSA) is 36.4 Å². The minimum atomic E-state index is 0.0355. The molecule has 3 rings (SSSR count). The molecule has 2 aromatic carbocycles. The van der Waals surface area contributed by atoms with Crippen LogP contribution in [0.5, 0.6) is 0 Å². The Kier molecular flexibility index (Phi) is 6.16. The molecule has 0 saturated heterocycles. The summed E-state index contributed by atoms with van der Waals surface area (Å²) in [7, 11) is 4.11. The molecule has 0 saturated carbocycles. The van der Waals surface area contributed by atoms with Gasteiger partial charge in [0.05, 0.1) is 10.2 Å². The molecule has 0 radical (unpaired) electrons. The molecule has 3 aromatic rings. The molecule has 0 N–H and O–H groups in total. The van der Waals surface area contributed by atoms with Crippen LogP contribution in [0.3, 0.4) is 0 Å². The van der Waals surface area contributed by atoms with Crippen LogP contribution in [0.1, 0.15) is 39.0 Å². The number of nitrogens with zero attached hydrogens (tertiary/aromatic N) is 3. The normalized spacial score (nSPS) is 11.4. The lowest BCUT2D eigenvalue weighted by atomic mass is 10.0. The van der Waals surface area contributed by atoms with Gasteiger partial charge in [0.15, 0.2) is 5.13 Å². The van der Waals surface area contributed by atoms with Crippen LogP contribution in [-0.2, 0) is 0 Å². The largest absolute Gasteiger partial charge is 0.309 e. The monoisotopic (exact) mass is 395 g/mol. The fraction of sp³-hybridized carbons (Fsp3) is 0.391. The van der Waals surface area contributed by atoms with Crippen molar-refractivity contribution < 1.29 is 4.79 Å². The second kappa shape index (κ2) is 8.41. The zero-order valence-electron chi connectivity index (χ0n) is 17.7. The zero-order valence-corrected chi connectivity index (χ0v) is 18.5. The third-order valence-electron chi connectivity index (χ3n) is 4.91. The molecule has 0 spiro atoms. The molecule has 0 aliphatic rings. The Morgan fingerprint density at radius 2 is 1.71 bits per heavy atom. The van der Waals surface area contributed by atoms with Gasteiger partial charge >= 0.3 is 0 Å². The van der Waals surface area contributed by atoms with Crippen LogP contribution in [0.25, 0.3) is 10.2 Å². The second-order valence-electron chi connectivity index (χ2n) is 7.86. The first-order chi connectivity index (χ1) is 13.3. The van der Waals surface area contributed by atoms with E-state index in [1.54, 1.807) is 11.3 Å². The minimum absolute atomic E-state index is 0.0355. The van der Waals surface area contributed by atoms with E-state index in [-0.39, 0.29) is 5.91 Å². The van der Waals surface area contributed by atoms with E-state index < -0.39 is 0 Å². The average Bonchev–Trinajstić information content (AvgIpc) is 3.04. The molecule has 1 heterocycles. The number of thiazole rings is 1. The van der Waals surface area contributed by atoms with Crippen molar-refractivity contribution in [1.29, 1.82) is 0 Å². The second-order valence-corrected chi connectivity index (χ2v) is 8.87. The highest BCUT2D eigenvalue weighted by Crippen LogP contribution is 2.33. The zero-order chi connectivity index (χ0) is 20.4. The van der Waals surface area contributed by atoms with E-state index in [0.29, 0.717) is 6.54 Å². The lowest BCUT2D eigenvalue weighted by Crippen LogP contribution is -2.34. The van der Waals surface area contributed by atoms with Crippen molar-refractivity contribution in [2.75, 3.05) is 32.1 Å². The number of aryl methyl sites for hydroxylation is 4. The van der Waals surface area contributed by atoms with Crippen LogP contribution in [-0.4, -0.2) is 43.0 Å². The Balaban J connectivity index is 2.02. The molecule has 28 heavy (non-hydrogen) atoms. The van der Waals surface area contributed by atoms with E-state index in [0.717, 1.165) is 50.6 Å². The number of amides is 1. The van der Waals surface area contributed by atoms with Crippen LogP contribution in [0.2, 0.25) is 0 Å². The first-order valence-corrected chi connectivity index (χ1v) is 10.5. The molecule has 0 bridgehead atoms. The summed E-state index contributed by atoms with van der Waals surface area (Å²) in [6.07, 6.45) is 0.900. The smallest absolute Gasteiger partial charge is 0.260 e. The maximum Gasteiger partial charge on any atom is 0.260 e. The molecular weight excluding hydrogens is 366 g/mol. The minimum Gasteiger partial charge on any atom is -0.309 e. The highest BCUT2D eigenvalue weighted by atomic mass is 32.1. The third kappa shape index (κ3) is 4.42. The Labute approximate surface area is 171 Å². The van der Waals surface area contributed by atoms with Gasteiger partial charge in [-0.05, 0) is 83.6 Å². The lowest BCUT2D eigenvalue weighted by molar-refractivity contribution is 0.0985. The van der Waals surface area contributed by atoms with Crippen molar-refractivity contribution in [3.05, 3.63) is 58.1 Å². The third-order valence-corrected chi connectivity index (χ3v) is 5.93. The van der Waals surface area contributed by atoms with E-state index in [2.05, 4.69) is 45.0 Å². The first kappa shape index (κ1) is 20.5. The van der Waals surface area contributed by atoms with Crippen LogP contribution in [0.4, 0.5) is 5.13 Å². The number of aromatic nitrogens is 1. The molecule has 5 heteroatoms. The number of anilines is 1. The van der Waals surface area contributed by atoms with Gasteiger partial charge < -0.3 is 4.90 Å². The maximum absolute atomic E-state index is 13.5. The van der Waals surface area contributed by atoms with Crippen LogP contribution < -0.4 is 4.90 Å². The Morgan fingerprint density at radius 1 is 0.964 bits per heavy atom. The fourth-order valence-corrected chi connectivity index (χ4v) is 4.58. The van der Waals surface area contributed by atoms with E-state index in [4.69, 9.17) is 4.98 Å². The SMILES string of the molecule is Cc1ccc(C)c(C(=O)N(CCCN(C)C)c2nc3c(C)cc(C)cc3s2)c1. The van der Waals surface area contributed by atoms with Crippen molar-refractivity contribution in [3.63, 3.8) is 0 Å². The number of fused-ring (bicyclic) bond motifs is 1. The van der Waals surface area contributed by atoms with Gasteiger partial charge in [-0.1, -0.05) is 35.1 Å². The van der Waals surface area contributed by atoms with Gasteiger partial charge in [-0.2, -0.15) is 0 Å². The standard InChI is InChI=1S/C23H29N3OS/c1-15-8-9-17(3)19(13-15)22(27)26(11-7-10-25(5)6)23-24-21-18(4)12-16(2)14-20(21)28-23/h8-9,12-14H,7,10-11H2,1-6H3. The fourth-order valence-electron chi connectivity index (χ4n) is 3.42. The molecule has 0 aliphatic heterocycles. The van der Waals surface area contributed by atoms with Crippen molar-refractivity contribution in [1.82, 2.24) is 9.88 Å². The Morgan fingerprint density at radius 3 is 2.43 bits per heavy atom. The van der Waals surface area contributed by atoms with E-state index in [1.807, 2.05) is 36.9 Å². The van der Waals surface area contributed by atoms with Gasteiger partial charge in [0.1, 0.15) is 0 Å². The van der Waals surface area contributed by atoms with Gasteiger partial charge in [-0.25, -0.2) is 4.98 Å². The number of carbonyl (C=O) groups excluding carboxylic acids is 1. The number of benzene rings is 2. The molecule has 1 amide bonds. The van der Waals surface area contributed by atoms with Gasteiger partial charge in [-0.3, -0.25) is 9.69 Å². The number of carbonyl (C=O) groups is 1. The van der Waals surface area contributed by atoms with E-state index in [1.165, 1.54) is 5.56 Å². The summed E-state index contributed by atoms with van der Waals surface area (Å²) in [6.45, 7) is 9.79. The Hall–Kier alpha value is -2.24. The highest BCUT2D eigenvalue weighted by molar-refractivity contribution is 7.22. The predicted molar refractivity (Wildman–Crippen MR) is 120 cm³/mol. The van der Waals surface area contributed by atoms with E-state index >= 15 is 0 Å². The molecule has 4 nitrogen and oxygen atoms in total. The first-order valence-electron chi connectivity index (χ1n) is 9.68. The van der Waals surface area contributed by atoms with Gasteiger partial charge in [0.2, 0.25) is 0 Å². The quantitative estimate of drug-likeness (QED) is 0.581. The van der Waals surface area contributed by atoms with Crippen LogP contribution in [0.15, 0.2) is 30.3 Å². The summed E-state index contributed by atoms with van der Waals surface area (Å²) >= 11 is 1.61. The summed E-state index contributed by atoms with van der Waals surface area (Å²) in [4.78, 5) is 22.4. The van der Waals surface area contributed by atoms with Crippen LogP contribution >= 0.6 is 11.3 Å². The molecule has 0 atom stereocenters. The average molecular weight is 396 g/mol. The molecule has 0 aliphatic carbocycles. The summed E-state index contributed by atoms with van der Waals surface area (Å²) in [5.74, 6) is 0.0355. The van der Waals surface area contributed by atoms with E-state index in [9.17, 15) is 4.79 Å². The van der Waals surface area contributed by atoms with Gasteiger partial charge in [0.25, 0.3) is 5.91 Å². The van der Waals surface area contributed by atoms with Crippen molar-refractivity contribution in [2.45, 2.75) is 34.1 Å². The summed E-state index contributed by atoms with van der Waals surface area (Å²) in [5.41, 5.74) is 6.23. The lowest BCUT2D eigenvalue weighted by Gasteiger charge is -2.22. The van der Waals surface area contributed by atoms with Gasteiger partial charge in [-0.15, -0.1) is 0 Å². The number of rotatable bonds is 6. The molecule has 1 aromatic heterocycles. The maximum atomic E-state index is 13.5. The summed E-state index contributed by atoms with van der Waals surface area (Å²) in [6, 6.07) is 10.4. The molecule has 0 unspecified atom stereocenters. The van der Waals surface area contributed by atoms with Crippen molar-refractivity contribution in [3.8, 4) is 0 Å². The predicted octanol–water partition coefficient (Wildman–Crippen LogP) is 5.13. The van der Waals surface area contributed by atoms with Crippen molar-refractivity contribution >= 4 is 32.6 Å². The number of hydrogen-bond donors (Lipinski definition) is 0. The Bertz CT molecular complexity index is 1010. The number of hydrogen-bond acceptors (Lipinski definition) is 4.